The first kappa shape index (κ1) is 14.0. The minimum Gasteiger partial charge on any atom is -0.330 e. The normalized spacial score (nSPS) is 20.2. The van der Waals surface area contributed by atoms with Crippen LogP contribution in [0, 0.1) is 6.92 Å². The number of nitrogens with zero attached hydrogens (tertiary/aromatic N) is 2. The smallest absolute Gasteiger partial charge is 0.0962 e. The predicted octanol–water partition coefficient (Wildman–Crippen LogP) is 2.71. The second-order valence-electron chi connectivity index (χ2n) is 5.56. The van der Waals surface area contributed by atoms with Gasteiger partial charge in [-0.2, -0.15) is 0 Å². The highest BCUT2D eigenvalue weighted by Gasteiger charge is 2.23. The number of thiazole rings is 1. The van der Waals surface area contributed by atoms with Crippen molar-refractivity contribution in [1.82, 2.24) is 9.88 Å². The summed E-state index contributed by atoms with van der Waals surface area (Å²) in [5, 5.41) is 1.36. The Morgan fingerprint density at radius 3 is 2.72 bits per heavy atom. The highest BCUT2D eigenvalue weighted by atomic mass is 32.1. The minimum absolute atomic E-state index is 0.563. The van der Waals surface area contributed by atoms with E-state index in [2.05, 4.69) is 25.8 Å². The van der Waals surface area contributed by atoms with Crippen LogP contribution in [0.5, 0.6) is 0 Å². The summed E-state index contributed by atoms with van der Waals surface area (Å²) in [5.41, 5.74) is 6.89. The molecule has 1 aliphatic rings. The molecule has 18 heavy (non-hydrogen) atoms. The Balaban J connectivity index is 2.08. The van der Waals surface area contributed by atoms with Crippen LogP contribution in [0.15, 0.2) is 0 Å². The summed E-state index contributed by atoms with van der Waals surface area (Å²) < 4.78 is 0. The van der Waals surface area contributed by atoms with Gasteiger partial charge >= 0.3 is 0 Å². The highest BCUT2D eigenvalue weighted by Crippen LogP contribution is 2.35. The van der Waals surface area contributed by atoms with Crippen molar-refractivity contribution in [3.8, 4) is 0 Å². The molecule has 0 aromatic carbocycles. The van der Waals surface area contributed by atoms with Crippen molar-refractivity contribution >= 4 is 11.3 Å². The summed E-state index contributed by atoms with van der Waals surface area (Å²) in [6.45, 7) is 7.60. The second kappa shape index (κ2) is 6.13. The quantitative estimate of drug-likeness (QED) is 0.912. The van der Waals surface area contributed by atoms with Gasteiger partial charge in [-0.1, -0.05) is 6.92 Å². The van der Waals surface area contributed by atoms with Crippen LogP contribution in [-0.4, -0.2) is 36.6 Å². The Kier molecular flexibility index (Phi) is 4.76. The molecule has 1 aromatic heterocycles. The van der Waals surface area contributed by atoms with Crippen LogP contribution < -0.4 is 5.73 Å². The first-order valence-electron chi connectivity index (χ1n) is 6.97. The van der Waals surface area contributed by atoms with E-state index in [1.54, 1.807) is 0 Å². The van der Waals surface area contributed by atoms with Gasteiger partial charge in [0.1, 0.15) is 0 Å². The van der Waals surface area contributed by atoms with Crippen LogP contribution in [-0.2, 0) is 0 Å². The van der Waals surface area contributed by atoms with Crippen molar-refractivity contribution in [1.29, 1.82) is 0 Å². The molecule has 1 aliphatic heterocycles. The maximum Gasteiger partial charge on any atom is 0.0962 e. The van der Waals surface area contributed by atoms with Crippen LogP contribution in [0.2, 0.25) is 0 Å². The third-order valence-corrected chi connectivity index (χ3v) is 5.52. The van der Waals surface area contributed by atoms with Gasteiger partial charge in [-0.3, -0.25) is 0 Å². The van der Waals surface area contributed by atoms with E-state index in [4.69, 9.17) is 10.7 Å². The fourth-order valence-electron chi connectivity index (χ4n) is 2.70. The monoisotopic (exact) mass is 267 g/mol. The van der Waals surface area contributed by atoms with Crippen LogP contribution in [0.4, 0.5) is 0 Å². The fourth-order valence-corrected chi connectivity index (χ4v) is 4.02. The average Bonchev–Trinajstić information content (AvgIpc) is 2.72. The van der Waals surface area contributed by atoms with Crippen LogP contribution in [0.25, 0.3) is 0 Å². The molecule has 0 bridgehead atoms. The minimum atomic E-state index is 0.563. The first-order chi connectivity index (χ1) is 8.61. The molecule has 4 heteroatoms. The molecular weight excluding hydrogens is 242 g/mol. The van der Waals surface area contributed by atoms with Gasteiger partial charge < -0.3 is 10.6 Å². The lowest BCUT2D eigenvalue weighted by molar-refractivity contribution is 0.255. The van der Waals surface area contributed by atoms with Gasteiger partial charge in [0.25, 0.3) is 0 Å². The van der Waals surface area contributed by atoms with Crippen LogP contribution >= 0.6 is 11.3 Å². The fraction of sp³-hybridized carbons (Fsp3) is 0.786. The lowest BCUT2D eigenvalue weighted by Gasteiger charge is -2.27. The van der Waals surface area contributed by atoms with Gasteiger partial charge in [-0.15, -0.1) is 11.3 Å². The van der Waals surface area contributed by atoms with Crippen molar-refractivity contribution in [2.45, 2.75) is 44.9 Å². The molecule has 1 atom stereocenters. The zero-order valence-electron chi connectivity index (χ0n) is 11.8. The lowest BCUT2D eigenvalue weighted by Crippen LogP contribution is -2.29. The number of aryl methyl sites for hydroxylation is 1. The largest absolute Gasteiger partial charge is 0.330 e. The molecule has 0 aliphatic carbocycles. The molecule has 0 amide bonds. The van der Waals surface area contributed by atoms with E-state index in [1.807, 2.05) is 11.3 Å². The number of aromatic nitrogens is 1. The maximum atomic E-state index is 5.66. The maximum absolute atomic E-state index is 5.66. The molecule has 0 saturated carbocycles. The van der Waals surface area contributed by atoms with E-state index in [1.165, 1.54) is 41.5 Å². The Bertz CT molecular complexity index is 380. The van der Waals surface area contributed by atoms with E-state index < -0.39 is 0 Å². The van der Waals surface area contributed by atoms with Gasteiger partial charge in [-0.05, 0) is 58.8 Å². The Labute approximate surface area is 114 Å². The number of rotatable bonds is 4. The molecule has 1 fully saturated rings. The van der Waals surface area contributed by atoms with Gasteiger partial charge in [0.2, 0.25) is 0 Å². The number of likely N-dealkylation sites (tertiary alicyclic amines) is 1. The molecule has 2 rings (SSSR count). The molecule has 1 aromatic rings. The van der Waals surface area contributed by atoms with Gasteiger partial charge in [0, 0.05) is 10.8 Å². The number of hydrogen-bond donors (Lipinski definition) is 1. The molecule has 102 valence electrons. The van der Waals surface area contributed by atoms with Gasteiger partial charge in [-0.25, -0.2) is 4.98 Å². The SMILES string of the molecule is Cc1nc(C2CCN(C)CC2)sc1C(C)CCN. The number of nitrogens with two attached hydrogens (primary N) is 1. The summed E-state index contributed by atoms with van der Waals surface area (Å²) in [4.78, 5) is 8.69. The standard InChI is InChI=1S/C14H25N3S/c1-10(4-7-15)13-11(2)16-14(18-13)12-5-8-17(3)9-6-12/h10,12H,4-9,15H2,1-3H3. The Morgan fingerprint density at radius 1 is 1.44 bits per heavy atom. The zero-order valence-corrected chi connectivity index (χ0v) is 12.6. The topological polar surface area (TPSA) is 42.2 Å². The molecule has 0 radical (unpaired) electrons. The molecule has 2 N–H and O–H groups in total. The van der Waals surface area contributed by atoms with E-state index in [9.17, 15) is 0 Å². The van der Waals surface area contributed by atoms with Crippen LogP contribution in [0.3, 0.4) is 0 Å². The van der Waals surface area contributed by atoms with Gasteiger partial charge in [0.05, 0.1) is 10.7 Å². The molecular formula is C14H25N3S. The summed E-state index contributed by atoms with van der Waals surface area (Å²) in [6.07, 6.45) is 3.58. The summed E-state index contributed by atoms with van der Waals surface area (Å²) in [5.74, 6) is 1.25. The van der Waals surface area contributed by atoms with Gasteiger partial charge in [0.15, 0.2) is 0 Å². The third-order valence-electron chi connectivity index (χ3n) is 3.96. The summed E-state index contributed by atoms with van der Waals surface area (Å²) in [7, 11) is 2.21. The van der Waals surface area contributed by atoms with E-state index in [0.29, 0.717) is 11.8 Å². The molecule has 1 saturated heterocycles. The zero-order chi connectivity index (χ0) is 13.1. The van der Waals surface area contributed by atoms with Crippen molar-refractivity contribution in [2.75, 3.05) is 26.7 Å². The number of hydrogen-bond acceptors (Lipinski definition) is 4. The van der Waals surface area contributed by atoms with Crippen molar-refractivity contribution in [3.63, 3.8) is 0 Å². The van der Waals surface area contributed by atoms with Crippen molar-refractivity contribution in [3.05, 3.63) is 15.6 Å². The molecule has 3 nitrogen and oxygen atoms in total. The average molecular weight is 267 g/mol. The first-order valence-corrected chi connectivity index (χ1v) is 7.79. The van der Waals surface area contributed by atoms with E-state index >= 15 is 0 Å². The van der Waals surface area contributed by atoms with Crippen LogP contribution in [0.1, 0.15) is 53.6 Å². The summed E-state index contributed by atoms with van der Waals surface area (Å²) >= 11 is 1.93. The molecule has 1 unspecified atom stereocenters. The Morgan fingerprint density at radius 2 is 2.11 bits per heavy atom. The summed E-state index contributed by atoms with van der Waals surface area (Å²) in [6, 6.07) is 0. The van der Waals surface area contributed by atoms with E-state index in [0.717, 1.165) is 13.0 Å². The Hall–Kier alpha value is -0.450. The second-order valence-corrected chi connectivity index (χ2v) is 6.62. The van der Waals surface area contributed by atoms with E-state index in [-0.39, 0.29) is 0 Å². The predicted molar refractivity (Wildman–Crippen MR) is 78.4 cm³/mol. The highest BCUT2D eigenvalue weighted by molar-refractivity contribution is 7.11. The van der Waals surface area contributed by atoms with Crippen molar-refractivity contribution in [2.24, 2.45) is 5.73 Å². The third kappa shape index (κ3) is 3.11. The molecule has 2 heterocycles. The van der Waals surface area contributed by atoms with Crippen molar-refractivity contribution < 1.29 is 0 Å². The number of piperidine rings is 1. The lowest BCUT2D eigenvalue weighted by atomic mass is 9.98. The molecule has 0 spiro atoms.